The summed E-state index contributed by atoms with van der Waals surface area (Å²) >= 11 is 2.92. The first kappa shape index (κ1) is 15.2. The zero-order valence-corrected chi connectivity index (χ0v) is 11.9. The van der Waals surface area contributed by atoms with Crippen LogP contribution in [0.5, 0.6) is 11.5 Å². The third kappa shape index (κ3) is 3.10. The summed E-state index contributed by atoms with van der Waals surface area (Å²) in [6, 6.07) is 5.02. The highest BCUT2D eigenvalue weighted by Gasteiger charge is 2.17. The maximum atomic E-state index is 14.1. The van der Waals surface area contributed by atoms with Crippen LogP contribution in [0.1, 0.15) is 5.56 Å². The van der Waals surface area contributed by atoms with Gasteiger partial charge >= 0.3 is 0 Å². The van der Waals surface area contributed by atoms with Crippen molar-refractivity contribution in [1.29, 1.82) is 0 Å². The number of hydrogen-bond acceptors (Lipinski definition) is 3. The Morgan fingerprint density at radius 3 is 2.52 bits per heavy atom. The second-order valence-electron chi connectivity index (χ2n) is 3.90. The van der Waals surface area contributed by atoms with Crippen molar-refractivity contribution < 1.29 is 23.1 Å². The molecule has 2 rings (SSSR count). The summed E-state index contributed by atoms with van der Waals surface area (Å²) in [5, 5.41) is 11.3. The minimum atomic E-state index is -0.900. The average Bonchev–Trinajstić information content (AvgIpc) is 2.47. The van der Waals surface area contributed by atoms with Crippen LogP contribution in [0.25, 0.3) is 0 Å². The van der Waals surface area contributed by atoms with Crippen molar-refractivity contribution in [3.8, 4) is 11.5 Å². The summed E-state index contributed by atoms with van der Waals surface area (Å²) in [5.41, 5.74) is 5.45. The number of ether oxygens (including phenoxy) is 1. The second-order valence-corrected chi connectivity index (χ2v) is 4.69. The van der Waals surface area contributed by atoms with Gasteiger partial charge in [0.05, 0.1) is 4.47 Å². The second kappa shape index (κ2) is 6.04. The lowest BCUT2D eigenvalue weighted by molar-refractivity contribution is 0.318. The normalized spacial score (nSPS) is 11.5. The average molecular weight is 361 g/mol. The smallest absolute Gasteiger partial charge is 0.180 e. The van der Waals surface area contributed by atoms with Crippen molar-refractivity contribution in [2.45, 2.75) is 0 Å². The monoisotopic (exact) mass is 360 g/mol. The molecule has 0 saturated carbocycles. The van der Waals surface area contributed by atoms with Crippen molar-refractivity contribution in [1.82, 2.24) is 0 Å². The van der Waals surface area contributed by atoms with Gasteiger partial charge in [0.2, 0.25) is 0 Å². The molecular weight excluding hydrogens is 353 g/mol. The van der Waals surface area contributed by atoms with E-state index in [4.69, 9.17) is 15.7 Å². The van der Waals surface area contributed by atoms with Gasteiger partial charge < -0.3 is 15.7 Å². The van der Waals surface area contributed by atoms with E-state index in [0.29, 0.717) is 0 Å². The number of hydrogen-bond donors (Lipinski definition) is 2. The predicted octanol–water partition coefficient (Wildman–Crippen LogP) is 3.75. The standard InChI is InChI=1S/C13H8BrF3N2O2/c14-11-7(13(18)19-20)2-4-9(12(11)17)21-10-5-6(15)1-3-8(10)16/h1-5,20H,(H2,18,19). The molecule has 3 N–H and O–H groups in total. The van der Waals surface area contributed by atoms with Crippen molar-refractivity contribution >= 4 is 21.8 Å². The number of amidine groups is 1. The first-order valence-electron chi connectivity index (χ1n) is 5.53. The molecule has 0 aromatic heterocycles. The minimum Gasteiger partial charge on any atom is -0.451 e. The molecular formula is C13H8BrF3N2O2. The van der Waals surface area contributed by atoms with Crippen LogP contribution in [0.4, 0.5) is 13.2 Å². The topological polar surface area (TPSA) is 67.8 Å². The van der Waals surface area contributed by atoms with Gasteiger partial charge in [0.15, 0.2) is 29.0 Å². The molecule has 0 spiro atoms. The predicted molar refractivity (Wildman–Crippen MR) is 73.0 cm³/mol. The number of rotatable bonds is 3. The molecule has 0 unspecified atom stereocenters. The SMILES string of the molecule is N/C(=N/O)c1ccc(Oc2cc(F)ccc2F)c(F)c1Br. The van der Waals surface area contributed by atoms with Gasteiger partial charge in [0.1, 0.15) is 5.82 Å². The Morgan fingerprint density at radius 2 is 1.86 bits per heavy atom. The molecule has 8 heteroatoms. The molecule has 0 heterocycles. The third-order valence-electron chi connectivity index (χ3n) is 2.54. The van der Waals surface area contributed by atoms with Crippen LogP contribution in [-0.2, 0) is 0 Å². The van der Waals surface area contributed by atoms with Gasteiger partial charge in [-0.3, -0.25) is 0 Å². The number of benzene rings is 2. The molecule has 0 aliphatic heterocycles. The molecule has 0 saturated heterocycles. The molecule has 0 aliphatic rings. The summed E-state index contributed by atoms with van der Waals surface area (Å²) in [6.45, 7) is 0. The largest absolute Gasteiger partial charge is 0.451 e. The van der Waals surface area contributed by atoms with Crippen LogP contribution in [0.15, 0.2) is 40.0 Å². The van der Waals surface area contributed by atoms with E-state index in [1.54, 1.807) is 0 Å². The lowest BCUT2D eigenvalue weighted by atomic mass is 10.2. The van der Waals surface area contributed by atoms with Crippen molar-refractivity contribution in [3.63, 3.8) is 0 Å². The fraction of sp³-hybridized carbons (Fsp3) is 0. The van der Waals surface area contributed by atoms with E-state index in [1.165, 1.54) is 6.07 Å². The summed E-state index contributed by atoms with van der Waals surface area (Å²) < 4.78 is 45.5. The molecule has 2 aromatic carbocycles. The summed E-state index contributed by atoms with van der Waals surface area (Å²) in [7, 11) is 0. The van der Waals surface area contributed by atoms with Crippen molar-refractivity contribution in [2.75, 3.05) is 0 Å². The highest BCUT2D eigenvalue weighted by molar-refractivity contribution is 9.10. The van der Waals surface area contributed by atoms with E-state index in [-0.39, 0.29) is 21.6 Å². The van der Waals surface area contributed by atoms with E-state index < -0.39 is 23.2 Å². The fourth-order valence-electron chi connectivity index (χ4n) is 1.54. The van der Waals surface area contributed by atoms with Crippen LogP contribution in [0.2, 0.25) is 0 Å². The maximum Gasteiger partial charge on any atom is 0.180 e. The molecule has 0 amide bonds. The zero-order valence-electron chi connectivity index (χ0n) is 10.3. The highest BCUT2D eigenvalue weighted by Crippen LogP contribution is 2.32. The van der Waals surface area contributed by atoms with Gasteiger partial charge in [0, 0.05) is 11.6 Å². The van der Waals surface area contributed by atoms with E-state index in [2.05, 4.69) is 21.1 Å². The Bertz CT molecular complexity index is 723. The lowest BCUT2D eigenvalue weighted by Gasteiger charge is -2.11. The summed E-state index contributed by atoms with van der Waals surface area (Å²) in [5.74, 6) is -3.59. The van der Waals surface area contributed by atoms with Gasteiger partial charge in [-0.2, -0.15) is 0 Å². The molecule has 2 aromatic rings. The van der Waals surface area contributed by atoms with Gasteiger partial charge in [-0.05, 0) is 40.2 Å². The molecule has 4 nitrogen and oxygen atoms in total. The molecule has 0 bridgehead atoms. The van der Waals surface area contributed by atoms with Crippen LogP contribution in [0.3, 0.4) is 0 Å². The van der Waals surface area contributed by atoms with Crippen molar-refractivity contribution in [3.05, 3.63) is 57.8 Å². The highest BCUT2D eigenvalue weighted by atomic mass is 79.9. The Labute approximate surface area is 125 Å². The van der Waals surface area contributed by atoms with Gasteiger partial charge in [-0.25, -0.2) is 13.2 Å². The van der Waals surface area contributed by atoms with Crippen LogP contribution in [0, 0.1) is 17.5 Å². The molecule has 0 atom stereocenters. The van der Waals surface area contributed by atoms with E-state index >= 15 is 0 Å². The molecule has 21 heavy (non-hydrogen) atoms. The molecule has 0 aliphatic carbocycles. The van der Waals surface area contributed by atoms with Crippen LogP contribution >= 0.6 is 15.9 Å². The van der Waals surface area contributed by atoms with E-state index in [9.17, 15) is 13.2 Å². The quantitative estimate of drug-likeness (QED) is 0.379. The molecule has 0 radical (unpaired) electrons. The first-order chi connectivity index (χ1) is 9.93. The lowest BCUT2D eigenvalue weighted by Crippen LogP contribution is -2.14. The Hall–Kier alpha value is -2.22. The van der Waals surface area contributed by atoms with Crippen LogP contribution in [-0.4, -0.2) is 11.0 Å². The Morgan fingerprint density at radius 1 is 1.14 bits per heavy atom. The van der Waals surface area contributed by atoms with Gasteiger partial charge in [-0.15, -0.1) is 0 Å². The van der Waals surface area contributed by atoms with Gasteiger partial charge in [-0.1, -0.05) is 5.16 Å². The first-order valence-corrected chi connectivity index (χ1v) is 6.32. The number of nitrogens with zero attached hydrogens (tertiary/aromatic N) is 1. The fourth-order valence-corrected chi connectivity index (χ4v) is 2.07. The van der Waals surface area contributed by atoms with E-state index in [1.807, 2.05) is 0 Å². The number of nitrogens with two attached hydrogens (primary N) is 1. The summed E-state index contributed by atoms with van der Waals surface area (Å²) in [4.78, 5) is 0. The Kier molecular flexibility index (Phi) is 4.37. The Balaban J connectivity index is 2.42. The van der Waals surface area contributed by atoms with E-state index in [0.717, 1.165) is 24.3 Å². The minimum absolute atomic E-state index is 0.0852. The number of oxime groups is 1. The molecule has 0 fully saturated rings. The van der Waals surface area contributed by atoms with Gasteiger partial charge in [0.25, 0.3) is 0 Å². The maximum absolute atomic E-state index is 14.1. The number of halogens is 4. The third-order valence-corrected chi connectivity index (χ3v) is 3.32. The summed E-state index contributed by atoms with van der Waals surface area (Å²) in [6.07, 6.45) is 0. The molecule has 110 valence electrons. The van der Waals surface area contributed by atoms with Crippen LogP contribution < -0.4 is 10.5 Å². The zero-order chi connectivity index (χ0) is 15.6. The van der Waals surface area contributed by atoms with Crippen molar-refractivity contribution in [2.24, 2.45) is 10.9 Å².